The smallest absolute Gasteiger partial charge is 0.319 e. The average Bonchev–Trinajstić information content (AvgIpc) is 2.41. The van der Waals surface area contributed by atoms with Gasteiger partial charge in [0.25, 0.3) is 0 Å². The molecule has 0 radical (unpaired) electrons. The van der Waals surface area contributed by atoms with Crippen LogP contribution >= 0.6 is 23.2 Å². The SMILES string of the molecule is CCOC(=O)CNC1CCCCC1.CO.ClCCl. The lowest BCUT2D eigenvalue weighted by molar-refractivity contribution is -0.142. The van der Waals surface area contributed by atoms with Gasteiger partial charge in [0.2, 0.25) is 0 Å². The molecule has 0 unspecified atom stereocenters. The Bertz CT molecular complexity index is 177. The summed E-state index contributed by atoms with van der Waals surface area (Å²) in [4.78, 5) is 11.0. The normalized spacial score (nSPS) is 14.7. The topological polar surface area (TPSA) is 58.6 Å². The van der Waals surface area contributed by atoms with E-state index < -0.39 is 0 Å². The molecule has 110 valence electrons. The van der Waals surface area contributed by atoms with Crippen molar-refractivity contribution in [3.05, 3.63) is 0 Å². The zero-order valence-corrected chi connectivity index (χ0v) is 12.8. The second kappa shape index (κ2) is 17.0. The van der Waals surface area contributed by atoms with Gasteiger partial charge in [-0.1, -0.05) is 19.3 Å². The van der Waals surface area contributed by atoms with E-state index in [0.29, 0.717) is 19.2 Å². The first-order valence-corrected chi connectivity index (χ1v) is 7.27. The lowest BCUT2D eigenvalue weighted by Gasteiger charge is -2.22. The number of aliphatic hydroxyl groups is 1. The Hall–Kier alpha value is -0.0300. The van der Waals surface area contributed by atoms with E-state index in [0.717, 1.165) is 7.11 Å². The van der Waals surface area contributed by atoms with Gasteiger partial charge >= 0.3 is 5.97 Å². The Kier molecular flexibility index (Phi) is 19.1. The molecule has 1 aliphatic rings. The number of carbonyl (C=O) groups is 1. The van der Waals surface area contributed by atoms with Crippen molar-refractivity contribution in [2.75, 3.05) is 25.6 Å². The Morgan fingerprint density at radius 2 is 1.78 bits per heavy atom. The molecule has 0 spiro atoms. The molecule has 2 N–H and O–H groups in total. The molecule has 0 saturated heterocycles. The second-order valence-electron chi connectivity index (χ2n) is 3.62. The minimum absolute atomic E-state index is 0.131. The summed E-state index contributed by atoms with van der Waals surface area (Å²) in [6.07, 6.45) is 6.34. The first kappa shape index (κ1) is 20.3. The number of rotatable bonds is 4. The van der Waals surface area contributed by atoms with Crippen LogP contribution in [0.25, 0.3) is 0 Å². The maximum absolute atomic E-state index is 11.0. The highest BCUT2D eigenvalue weighted by Crippen LogP contribution is 2.16. The first-order chi connectivity index (χ1) is 8.74. The Labute approximate surface area is 120 Å². The Balaban J connectivity index is 0. The number of halogens is 2. The highest BCUT2D eigenvalue weighted by Gasteiger charge is 2.13. The molecule has 1 aliphatic carbocycles. The molecule has 0 aliphatic heterocycles. The maximum atomic E-state index is 11.0. The van der Waals surface area contributed by atoms with Crippen molar-refractivity contribution in [3.63, 3.8) is 0 Å². The van der Waals surface area contributed by atoms with Crippen molar-refractivity contribution in [3.8, 4) is 0 Å². The highest BCUT2D eigenvalue weighted by atomic mass is 35.5. The lowest BCUT2D eigenvalue weighted by Crippen LogP contribution is -2.35. The molecular weight excluding hydrogens is 277 g/mol. The van der Waals surface area contributed by atoms with Gasteiger partial charge in [0.05, 0.1) is 18.5 Å². The standard InChI is InChI=1S/C10H19NO2.CH2Cl2.CH4O/c1-2-13-10(12)8-11-9-6-4-3-5-7-9;2-1-3;1-2/h9,11H,2-8H2,1H3;1H2;2H,1H3. The number of alkyl halides is 2. The van der Waals surface area contributed by atoms with Crippen molar-refractivity contribution in [1.82, 2.24) is 5.32 Å². The summed E-state index contributed by atoms with van der Waals surface area (Å²) in [5.41, 5.74) is 0. The second-order valence-corrected chi connectivity index (χ2v) is 4.43. The molecule has 0 aromatic rings. The number of nitrogens with one attached hydrogen (secondary N) is 1. The summed E-state index contributed by atoms with van der Waals surface area (Å²) in [7, 11) is 1.00. The molecule has 0 heterocycles. The zero-order valence-electron chi connectivity index (χ0n) is 11.3. The molecule has 0 atom stereocenters. The predicted molar refractivity (Wildman–Crippen MR) is 76.2 cm³/mol. The first-order valence-electron chi connectivity index (χ1n) is 6.20. The maximum Gasteiger partial charge on any atom is 0.319 e. The molecule has 18 heavy (non-hydrogen) atoms. The number of hydrogen-bond donors (Lipinski definition) is 2. The van der Waals surface area contributed by atoms with Crippen LogP contribution < -0.4 is 5.32 Å². The minimum atomic E-state index is -0.131. The Morgan fingerprint density at radius 3 is 2.22 bits per heavy atom. The summed E-state index contributed by atoms with van der Waals surface area (Å²) >= 11 is 9.53. The molecule has 1 fully saturated rings. The van der Waals surface area contributed by atoms with E-state index in [-0.39, 0.29) is 11.3 Å². The third-order valence-corrected chi connectivity index (χ3v) is 2.45. The highest BCUT2D eigenvalue weighted by molar-refractivity contribution is 6.40. The lowest BCUT2D eigenvalue weighted by atomic mass is 9.96. The zero-order chi connectivity index (χ0) is 14.2. The van der Waals surface area contributed by atoms with E-state index in [1.165, 1.54) is 32.1 Å². The van der Waals surface area contributed by atoms with Gasteiger partial charge in [-0.25, -0.2) is 0 Å². The van der Waals surface area contributed by atoms with E-state index in [1.54, 1.807) is 0 Å². The third kappa shape index (κ3) is 14.0. The molecular formula is C12H25Cl2NO3. The molecule has 0 amide bonds. The van der Waals surface area contributed by atoms with Crippen molar-refractivity contribution >= 4 is 29.2 Å². The molecule has 0 bridgehead atoms. The van der Waals surface area contributed by atoms with Gasteiger partial charge in [-0.15, -0.1) is 23.2 Å². The third-order valence-electron chi connectivity index (χ3n) is 2.45. The number of aliphatic hydroxyl groups excluding tert-OH is 1. The van der Waals surface area contributed by atoms with Crippen LogP contribution in [0.2, 0.25) is 0 Å². The summed E-state index contributed by atoms with van der Waals surface area (Å²) in [5, 5.41) is 10.4. The van der Waals surface area contributed by atoms with E-state index in [4.69, 9.17) is 33.0 Å². The molecule has 1 rings (SSSR count). The van der Waals surface area contributed by atoms with E-state index in [9.17, 15) is 4.79 Å². The van der Waals surface area contributed by atoms with Crippen LogP contribution in [0.4, 0.5) is 0 Å². The number of hydrogen-bond acceptors (Lipinski definition) is 4. The predicted octanol–water partition coefficient (Wildman–Crippen LogP) is 2.50. The van der Waals surface area contributed by atoms with Crippen LogP contribution in [0.15, 0.2) is 0 Å². The van der Waals surface area contributed by atoms with Gasteiger partial charge < -0.3 is 15.2 Å². The number of ether oxygens (including phenoxy) is 1. The van der Waals surface area contributed by atoms with Crippen molar-refractivity contribution < 1.29 is 14.6 Å². The van der Waals surface area contributed by atoms with Crippen LogP contribution in [0.1, 0.15) is 39.0 Å². The van der Waals surface area contributed by atoms with E-state index in [1.807, 2.05) is 6.92 Å². The van der Waals surface area contributed by atoms with Gasteiger partial charge in [0.1, 0.15) is 0 Å². The molecule has 0 aromatic heterocycles. The van der Waals surface area contributed by atoms with Crippen LogP contribution in [0, 0.1) is 0 Å². The summed E-state index contributed by atoms with van der Waals surface area (Å²) in [6, 6.07) is 0.540. The van der Waals surface area contributed by atoms with Crippen LogP contribution in [0.5, 0.6) is 0 Å². The summed E-state index contributed by atoms with van der Waals surface area (Å²) in [5.74, 6) is -0.131. The monoisotopic (exact) mass is 301 g/mol. The fraction of sp³-hybridized carbons (Fsp3) is 0.917. The van der Waals surface area contributed by atoms with Gasteiger partial charge in [0.15, 0.2) is 0 Å². The molecule has 1 saturated carbocycles. The van der Waals surface area contributed by atoms with Gasteiger partial charge in [0, 0.05) is 13.2 Å². The van der Waals surface area contributed by atoms with E-state index in [2.05, 4.69) is 5.32 Å². The number of esters is 1. The largest absolute Gasteiger partial charge is 0.465 e. The fourth-order valence-electron chi connectivity index (χ4n) is 1.75. The van der Waals surface area contributed by atoms with Gasteiger partial charge in [-0.3, -0.25) is 4.79 Å². The Morgan fingerprint density at radius 1 is 1.28 bits per heavy atom. The molecule has 4 nitrogen and oxygen atoms in total. The number of carbonyl (C=O) groups excluding carboxylic acids is 1. The van der Waals surface area contributed by atoms with Crippen molar-refractivity contribution in [2.45, 2.75) is 45.1 Å². The average molecular weight is 302 g/mol. The quantitative estimate of drug-likeness (QED) is 0.619. The molecule has 6 heteroatoms. The summed E-state index contributed by atoms with van der Waals surface area (Å²) < 4.78 is 4.83. The van der Waals surface area contributed by atoms with Gasteiger partial charge in [-0.2, -0.15) is 0 Å². The van der Waals surface area contributed by atoms with Gasteiger partial charge in [-0.05, 0) is 19.8 Å². The van der Waals surface area contributed by atoms with E-state index >= 15 is 0 Å². The van der Waals surface area contributed by atoms with Crippen LogP contribution in [0.3, 0.4) is 0 Å². The van der Waals surface area contributed by atoms with Crippen molar-refractivity contribution in [1.29, 1.82) is 0 Å². The minimum Gasteiger partial charge on any atom is -0.465 e. The fourth-order valence-corrected chi connectivity index (χ4v) is 1.75. The van der Waals surface area contributed by atoms with Crippen molar-refractivity contribution in [2.24, 2.45) is 0 Å². The summed E-state index contributed by atoms with van der Waals surface area (Å²) in [6.45, 7) is 2.68. The van der Waals surface area contributed by atoms with Crippen LogP contribution in [-0.2, 0) is 9.53 Å². The molecule has 0 aromatic carbocycles. The van der Waals surface area contributed by atoms with Crippen LogP contribution in [-0.4, -0.2) is 42.7 Å².